The number of hydrogen-bond acceptors (Lipinski definition) is 6. The van der Waals surface area contributed by atoms with Crippen molar-refractivity contribution >= 4 is 34.6 Å². The number of carboxylic acids is 1. The maximum Gasteiger partial charge on any atom is 0.328 e. The van der Waals surface area contributed by atoms with Crippen LogP contribution in [0.2, 0.25) is 0 Å². The van der Waals surface area contributed by atoms with E-state index in [1.807, 2.05) is 17.5 Å². The van der Waals surface area contributed by atoms with Crippen LogP contribution >= 0.6 is 22.7 Å². The summed E-state index contributed by atoms with van der Waals surface area (Å²) in [6, 6.07) is 2.59. The Hall–Kier alpha value is -1.77. The molecular formula is C12H12N2O4S2. The van der Waals surface area contributed by atoms with Gasteiger partial charge in [-0.25, -0.2) is 9.78 Å². The summed E-state index contributed by atoms with van der Waals surface area (Å²) in [5.74, 6) is -1.74. The summed E-state index contributed by atoms with van der Waals surface area (Å²) < 4.78 is 0. The van der Waals surface area contributed by atoms with Crippen LogP contribution in [0.4, 0.5) is 0 Å². The van der Waals surface area contributed by atoms with Gasteiger partial charge in [0.25, 0.3) is 0 Å². The predicted octanol–water partition coefficient (Wildman–Crippen LogP) is 0.976. The van der Waals surface area contributed by atoms with Gasteiger partial charge in [-0.15, -0.1) is 22.7 Å². The number of aliphatic hydroxyl groups is 1. The Bertz CT molecular complexity index is 594. The molecule has 2 heterocycles. The summed E-state index contributed by atoms with van der Waals surface area (Å²) >= 11 is 3.00. The number of hydrogen-bond donors (Lipinski definition) is 3. The first-order valence-electron chi connectivity index (χ1n) is 5.71. The zero-order valence-corrected chi connectivity index (χ0v) is 11.9. The Kier molecular flexibility index (Phi) is 4.83. The van der Waals surface area contributed by atoms with E-state index in [9.17, 15) is 9.59 Å². The lowest BCUT2D eigenvalue weighted by Gasteiger charge is -2.10. The molecule has 0 fully saturated rings. The molecule has 0 aromatic carbocycles. The highest BCUT2D eigenvalue weighted by Gasteiger charge is 2.19. The van der Waals surface area contributed by atoms with Crippen LogP contribution in [-0.2, 0) is 16.0 Å². The Labute approximate surface area is 122 Å². The van der Waals surface area contributed by atoms with Crippen molar-refractivity contribution in [3.63, 3.8) is 0 Å². The molecule has 8 heteroatoms. The van der Waals surface area contributed by atoms with Crippen molar-refractivity contribution in [2.45, 2.75) is 12.5 Å². The third-order valence-electron chi connectivity index (χ3n) is 2.44. The lowest BCUT2D eigenvalue weighted by molar-refractivity contribution is -0.142. The largest absolute Gasteiger partial charge is 0.480 e. The molecule has 0 saturated carbocycles. The third kappa shape index (κ3) is 3.62. The average molecular weight is 312 g/mol. The molecule has 0 unspecified atom stereocenters. The van der Waals surface area contributed by atoms with Gasteiger partial charge < -0.3 is 15.5 Å². The summed E-state index contributed by atoms with van der Waals surface area (Å²) in [5.41, 5.74) is 0.581. The van der Waals surface area contributed by atoms with Crippen molar-refractivity contribution < 1.29 is 19.8 Å². The molecule has 0 bridgehead atoms. The second-order valence-corrected chi connectivity index (χ2v) is 5.74. The van der Waals surface area contributed by atoms with Crippen LogP contribution in [0.1, 0.15) is 5.69 Å². The van der Waals surface area contributed by atoms with E-state index < -0.39 is 24.5 Å². The quantitative estimate of drug-likeness (QED) is 0.738. The van der Waals surface area contributed by atoms with E-state index in [2.05, 4.69) is 10.3 Å². The van der Waals surface area contributed by atoms with E-state index >= 15 is 0 Å². The van der Waals surface area contributed by atoms with E-state index in [1.165, 1.54) is 11.3 Å². The molecule has 0 aliphatic carbocycles. The molecule has 6 nitrogen and oxygen atoms in total. The molecule has 2 aromatic heterocycles. The standard InChI is InChI=1S/C12H12N2O4S2/c15-5-8(12(17)18)14-10(16)4-7-6-20-11(13-7)9-2-1-3-19-9/h1-3,6,8,15H,4-5H2,(H,14,16)(H,17,18)/t8-/m1/s1. The van der Waals surface area contributed by atoms with E-state index in [0.717, 1.165) is 9.88 Å². The van der Waals surface area contributed by atoms with Gasteiger partial charge in [0.1, 0.15) is 11.0 Å². The maximum atomic E-state index is 11.7. The molecule has 20 heavy (non-hydrogen) atoms. The first kappa shape index (κ1) is 14.6. The average Bonchev–Trinajstić information content (AvgIpc) is 3.05. The molecule has 0 radical (unpaired) electrons. The van der Waals surface area contributed by atoms with Crippen LogP contribution in [0.15, 0.2) is 22.9 Å². The normalized spacial score (nSPS) is 12.1. The highest BCUT2D eigenvalue weighted by Crippen LogP contribution is 2.27. The zero-order chi connectivity index (χ0) is 14.5. The summed E-state index contributed by atoms with van der Waals surface area (Å²) in [7, 11) is 0. The van der Waals surface area contributed by atoms with E-state index in [-0.39, 0.29) is 6.42 Å². The highest BCUT2D eigenvalue weighted by molar-refractivity contribution is 7.20. The lowest BCUT2D eigenvalue weighted by Crippen LogP contribution is -2.43. The first-order chi connectivity index (χ1) is 9.60. The minimum absolute atomic E-state index is 0.00828. The van der Waals surface area contributed by atoms with Gasteiger partial charge in [0.05, 0.1) is 23.6 Å². The number of thiophene rings is 1. The van der Waals surface area contributed by atoms with Crippen LogP contribution in [0.3, 0.4) is 0 Å². The van der Waals surface area contributed by atoms with Crippen molar-refractivity contribution in [2.24, 2.45) is 0 Å². The number of carbonyl (C=O) groups is 2. The minimum Gasteiger partial charge on any atom is -0.480 e. The number of carbonyl (C=O) groups excluding carboxylic acids is 1. The second kappa shape index (κ2) is 6.60. The molecular weight excluding hydrogens is 300 g/mol. The molecule has 2 aromatic rings. The fraction of sp³-hybridized carbons (Fsp3) is 0.250. The number of nitrogens with one attached hydrogen (secondary N) is 1. The molecule has 2 rings (SSSR count). The van der Waals surface area contributed by atoms with Crippen LogP contribution in [0.5, 0.6) is 0 Å². The molecule has 1 amide bonds. The maximum absolute atomic E-state index is 11.7. The van der Waals surface area contributed by atoms with Crippen LogP contribution in [0.25, 0.3) is 9.88 Å². The summed E-state index contributed by atoms with van der Waals surface area (Å²) in [6.07, 6.45) is -0.00828. The van der Waals surface area contributed by atoms with Crippen molar-refractivity contribution in [2.75, 3.05) is 6.61 Å². The van der Waals surface area contributed by atoms with Gasteiger partial charge in [-0.1, -0.05) is 6.07 Å². The number of nitrogens with zero attached hydrogens (tertiary/aromatic N) is 1. The van der Waals surface area contributed by atoms with Crippen LogP contribution < -0.4 is 5.32 Å². The second-order valence-electron chi connectivity index (χ2n) is 3.94. The number of rotatable bonds is 6. The van der Waals surface area contributed by atoms with Crippen molar-refractivity contribution in [1.82, 2.24) is 10.3 Å². The first-order valence-corrected chi connectivity index (χ1v) is 7.47. The fourth-order valence-corrected chi connectivity index (χ4v) is 3.13. The number of amides is 1. The Morgan fingerprint density at radius 1 is 1.40 bits per heavy atom. The molecule has 1 atom stereocenters. The SMILES string of the molecule is O=C(Cc1csc(-c2cccs2)n1)N[C@H](CO)C(=O)O. The molecule has 0 saturated heterocycles. The molecule has 0 aliphatic rings. The lowest BCUT2D eigenvalue weighted by atomic mass is 10.2. The number of aliphatic carboxylic acids is 1. The topological polar surface area (TPSA) is 99.5 Å². The molecule has 0 spiro atoms. The smallest absolute Gasteiger partial charge is 0.328 e. The number of carboxylic acid groups (broad SMARTS) is 1. The van der Waals surface area contributed by atoms with Gasteiger partial charge in [0, 0.05) is 5.38 Å². The number of thiazole rings is 1. The highest BCUT2D eigenvalue weighted by atomic mass is 32.1. The minimum atomic E-state index is -1.28. The molecule has 0 aliphatic heterocycles. The van der Waals surface area contributed by atoms with Gasteiger partial charge >= 0.3 is 5.97 Å². The van der Waals surface area contributed by atoms with E-state index in [0.29, 0.717) is 5.69 Å². The van der Waals surface area contributed by atoms with Gasteiger partial charge in [-0.05, 0) is 11.4 Å². The fourth-order valence-electron chi connectivity index (χ4n) is 1.50. The van der Waals surface area contributed by atoms with E-state index in [1.54, 1.807) is 16.7 Å². The van der Waals surface area contributed by atoms with Crippen molar-refractivity contribution in [3.05, 3.63) is 28.6 Å². The van der Waals surface area contributed by atoms with Gasteiger partial charge in [0.15, 0.2) is 0 Å². The summed E-state index contributed by atoms with van der Waals surface area (Å²) in [6.45, 7) is -0.640. The van der Waals surface area contributed by atoms with Gasteiger partial charge in [-0.2, -0.15) is 0 Å². The van der Waals surface area contributed by atoms with Crippen LogP contribution in [0, 0.1) is 0 Å². The summed E-state index contributed by atoms with van der Waals surface area (Å²) in [5, 5.41) is 24.3. The number of aromatic nitrogens is 1. The van der Waals surface area contributed by atoms with Crippen LogP contribution in [-0.4, -0.2) is 39.7 Å². The summed E-state index contributed by atoms with van der Waals surface area (Å²) in [4.78, 5) is 27.7. The monoisotopic (exact) mass is 312 g/mol. The molecule has 106 valence electrons. The zero-order valence-electron chi connectivity index (χ0n) is 10.3. The predicted molar refractivity (Wildman–Crippen MR) is 75.8 cm³/mol. The molecule has 3 N–H and O–H groups in total. The Morgan fingerprint density at radius 3 is 2.80 bits per heavy atom. The Balaban J connectivity index is 1.97. The Morgan fingerprint density at radius 2 is 2.20 bits per heavy atom. The van der Waals surface area contributed by atoms with Crippen molar-refractivity contribution in [1.29, 1.82) is 0 Å². The van der Waals surface area contributed by atoms with Gasteiger partial charge in [-0.3, -0.25) is 4.79 Å². The van der Waals surface area contributed by atoms with Gasteiger partial charge in [0.2, 0.25) is 5.91 Å². The van der Waals surface area contributed by atoms with Crippen molar-refractivity contribution in [3.8, 4) is 9.88 Å². The van der Waals surface area contributed by atoms with E-state index in [4.69, 9.17) is 10.2 Å². The number of aliphatic hydroxyl groups excluding tert-OH is 1. The third-order valence-corrected chi connectivity index (χ3v) is 4.37.